The molecule has 0 unspecified atom stereocenters. The van der Waals surface area contributed by atoms with Gasteiger partial charge in [0.1, 0.15) is 11.3 Å². The van der Waals surface area contributed by atoms with Gasteiger partial charge in [-0.15, -0.1) is 0 Å². The fourth-order valence-electron chi connectivity index (χ4n) is 2.06. The van der Waals surface area contributed by atoms with E-state index in [-0.39, 0.29) is 26.9 Å². The Hall–Kier alpha value is -2.62. The molecule has 26 heavy (non-hydrogen) atoms. The summed E-state index contributed by atoms with van der Waals surface area (Å²) in [5.74, 6) is -1.98. The molecular formula is C16H15ClN2O6S. The molecule has 0 atom stereocenters. The number of primary sulfonamides is 1. The highest BCUT2D eigenvalue weighted by molar-refractivity contribution is 7.89. The summed E-state index contributed by atoms with van der Waals surface area (Å²) >= 11 is 5.74. The fourth-order valence-corrected chi connectivity index (χ4v) is 3.04. The lowest BCUT2D eigenvalue weighted by molar-refractivity contribution is -0.119. The third-order valence-corrected chi connectivity index (χ3v) is 4.58. The van der Waals surface area contributed by atoms with E-state index in [1.807, 2.05) is 0 Å². The van der Waals surface area contributed by atoms with E-state index in [2.05, 4.69) is 5.32 Å². The van der Waals surface area contributed by atoms with Gasteiger partial charge in [-0.1, -0.05) is 17.7 Å². The minimum Gasteiger partial charge on any atom is -0.507 e. The summed E-state index contributed by atoms with van der Waals surface area (Å²) in [5.41, 5.74) is 0.414. The summed E-state index contributed by atoms with van der Waals surface area (Å²) in [5, 5.41) is 17.3. The highest BCUT2D eigenvalue weighted by Crippen LogP contribution is 2.22. The predicted molar refractivity (Wildman–Crippen MR) is 94.6 cm³/mol. The third-order valence-electron chi connectivity index (χ3n) is 3.29. The Morgan fingerprint density at radius 2 is 1.92 bits per heavy atom. The zero-order chi connectivity index (χ0) is 19.5. The second-order valence-corrected chi connectivity index (χ2v) is 7.28. The first-order valence-corrected chi connectivity index (χ1v) is 9.09. The van der Waals surface area contributed by atoms with Crippen molar-refractivity contribution in [1.29, 1.82) is 0 Å². The van der Waals surface area contributed by atoms with E-state index in [0.717, 1.165) is 0 Å². The Bertz CT molecular complexity index is 975. The molecule has 0 aliphatic rings. The number of aryl methyl sites for hydroxylation is 1. The van der Waals surface area contributed by atoms with E-state index in [4.69, 9.17) is 21.5 Å². The maximum absolute atomic E-state index is 11.9. The number of phenolic OH excluding ortho intramolecular Hbond substituents is 1. The van der Waals surface area contributed by atoms with Crippen LogP contribution in [-0.2, 0) is 19.6 Å². The number of nitrogens with two attached hydrogens (primary N) is 1. The number of carbonyl (C=O) groups is 2. The van der Waals surface area contributed by atoms with E-state index in [9.17, 15) is 23.1 Å². The van der Waals surface area contributed by atoms with Gasteiger partial charge in [-0.2, -0.15) is 0 Å². The standard InChI is InChI=1S/C16H15ClN2O6S/c1-9-2-4-11(7-14(9)26(18,23)24)19-15(21)8-25-16(22)12-6-10(17)3-5-13(12)20/h2-7,20H,8H2,1H3,(H,19,21)(H2,18,23,24). The monoisotopic (exact) mass is 398 g/mol. The van der Waals surface area contributed by atoms with Crippen molar-refractivity contribution in [2.24, 2.45) is 5.14 Å². The minimum atomic E-state index is -3.94. The molecule has 8 nitrogen and oxygen atoms in total. The van der Waals surface area contributed by atoms with E-state index in [0.29, 0.717) is 5.56 Å². The smallest absolute Gasteiger partial charge is 0.342 e. The quantitative estimate of drug-likeness (QED) is 0.657. The number of benzene rings is 2. The van der Waals surface area contributed by atoms with E-state index < -0.39 is 28.5 Å². The number of anilines is 1. The second kappa shape index (κ2) is 7.73. The molecule has 0 aromatic heterocycles. The van der Waals surface area contributed by atoms with Gasteiger partial charge in [-0.25, -0.2) is 18.4 Å². The molecule has 0 heterocycles. The van der Waals surface area contributed by atoms with Crippen molar-refractivity contribution in [3.8, 4) is 5.75 Å². The van der Waals surface area contributed by atoms with E-state index >= 15 is 0 Å². The molecule has 0 spiro atoms. The van der Waals surface area contributed by atoms with Crippen LogP contribution < -0.4 is 10.5 Å². The third kappa shape index (κ3) is 4.94. The van der Waals surface area contributed by atoms with Gasteiger partial charge >= 0.3 is 5.97 Å². The number of carbonyl (C=O) groups excluding carboxylic acids is 2. The Morgan fingerprint density at radius 3 is 2.58 bits per heavy atom. The van der Waals surface area contributed by atoms with Crippen LogP contribution in [0.2, 0.25) is 5.02 Å². The highest BCUT2D eigenvalue weighted by Gasteiger charge is 2.16. The molecule has 0 fully saturated rings. The number of amides is 1. The van der Waals surface area contributed by atoms with Crippen molar-refractivity contribution in [2.75, 3.05) is 11.9 Å². The van der Waals surface area contributed by atoms with Crippen molar-refractivity contribution in [2.45, 2.75) is 11.8 Å². The Kier molecular flexibility index (Phi) is 5.86. The number of nitrogens with one attached hydrogen (secondary N) is 1. The lowest BCUT2D eigenvalue weighted by Gasteiger charge is -2.10. The van der Waals surface area contributed by atoms with Crippen LogP contribution in [0.3, 0.4) is 0 Å². The molecule has 0 saturated carbocycles. The Balaban J connectivity index is 2.03. The van der Waals surface area contributed by atoms with Crippen LogP contribution in [0.1, 0.15) is 15.9 Å². The fraction of sp³-hybridized carbons (Fsp3) is 0.125. The number of aromatic hydroxyl groups is 1. The minimum absolute atomic E-state index is 0.129. The molecule has 0 radical (unpaired) electrons. The van der Waals surface area contributed by atoms with Crippen molar-refractivity contribution >= 4 is 39.2 Å². The number of esters is 1. The van der Waals surface area contributed by atoms with Crippen LogP contribution in [0, 0.1) is 6.92 Å². The number of halogens is 1. The molecule has 0 aliphatic carbocycles. The van der Waals surface area contributed by atoms with Gasteiger partial charge in [0.25, 0.3) is 5.91 Å². The van der Waals surface area contributed by atoms with Crippen molar-refractivity contribution in [3.05, 3.63) is 52.5 Å². The lowest BCUT2D eigenvalue weighted by Crippen LogP contribution is -2.21. The normalized spacial score (nSPS) is 11.0. The van der Waals surface area contributed by atoms with E-state index in [1.54, 1.807) is 6.92 Å². The van der Waals surface area contributed by atoms with Crippen LogP contribution in [0.5, 0.6) is 5.75 Å². The molecule has 2 aromatic carbocycles. The van der Waals surface area contributed by atoms with Crippen LogP contribution >= 0.6 is 11.6 Å². The van der Waals surface area contributed by atoms with Gasteiger partial charge in [-0.3, -0.25) is 4.79 Å². The zero-order valence-corrected chi connectivity index (χ0v) is 15.1. The average Bonchev–Trinajstić information content (AvgIpc) is 2.55. The topological polar surface area (TPSA) is 136 Å². The van der Waals surface area contributed by atoms with Gasteiger partial charge in [0.05, 0.1) is 4.90 Å². The molecule has 0 aliphatic heterocycles. The summed E-state index contributed by atoms with van der Waals surface area (Å²) in [6, 6.07) is 7.97. The molecule has 2 rings (SSSR count). The number of sulfonamides is 1. The molecule has 2 aromatic rings. The molecule has 0 saturated heterocycles. The predicted octanol–water partition coefficient (Wildman–Crippen LogP) is 1.80. The molecular weight excluding hydrogens is 384 g/mol. The van der Waals surface area contributed by atoms with Crippen LogP contribution in [0.25, 0.3) is 0 Å². The summed E-state index contributed by atoms with van der Waals surface area (Å²) < 4.78 is 27.8. The number of rotatable bonds is 5. The summed E-state index contributed by atoms with van der Waals surface area (Å²) in [4.78, 5) is 23.6. The summed E-state index contributed by atoms with van der Waals surface area (Å²) in [6.45, 7) is 0.911. The van der Waals surface area contributed by atoms with Gasteiger partial charge < -0.3 is 15.2 Å². The second-order valence-electron chi connectivity index (χ2n) is 5.31. The largest absolute Gasteiger partial charge is 0.507 e. The van der Waals surface area contributed by atoms with Gasteiger partial charge in [0.15, 0.2) is 6.61 Å². The molecule has 138 valence electrons. The van der Waals surface area contributed by atoms with Gasteiger partial charge in [0, 0.05) is 10.7 Å². The SMILES string of the molecule is Cc1ccc(NC(=O)COC(=O)c2cc(Cl)ccc2O)cc1S(N)(=O)=O. The molecule has 0 bridgehead atoms. The summed E-state index contributed by atoms with van der Waals surface area (Å²) in [6.07, 6.45) is 0. The Morgan fingerprint density at radius 1 is 1.23 bits per heavy atom. The maximum Gasteiger partial charge on any atom is 0.342 e. The number of hydrogen-bond acceptors (Lipinski definition) is 6. The first kappa shape index (κ1) is 19.7. The van der Waals surface area contributed by atoms with Crippen molar-refractivity contribution in [1.82, 2.24) is 0 Å². The zero-order valence-electron chi connectivity index (χ0n) is 13.5. The lowest BCUT2D eigenvalue weighted by atomic mass is 10.2. The van der Waals surface area contributed by atoms with Crippen LogP contribution in [0.15, 0.2) is 41.3 Å². The van der Waals surface area contributed by atoms with Gasteiger partial charge in [-0.05, 0) is 42.8 Å². The van der Waals surface area contributed by atoms with Crippen molar-refractivity contribution < 1.29 is 27.9 Å². The van der Waals surface area contributed by atoms with Gasteiger partial charge in [0.2, 0.25) is 10.0 Å². The van der Waals surface area contributed by atoms with E-state index in [1.165, 1.54) is 36.4 Å². The first-order chi connectivity index (χ1) is 12.1. The summed E-state index contributed by atoms with van der Waals surface area (Å²) in [7, 11) is -3.94. The van der Waals surface area contributed by atoms with Crippen LogP contribution in [-0.4, -0.2) is 32.0 Å². The average molecular weight is 399 g/mol. The maximum atomic E-state index is 11.9. The Labute approximate surface area is 154 Å². The van der Waals surface area contributed by atoms with Crippen molar-refractivity contribution in [3.63, 3.8) is 0 Å². The highest BCUT2D eigenvalue weighted by atomic mass is 35.5. The molecule has 10 heteroatoms. The number of hydrogen-bond donors (Lipinski definition) is 3. The molecule has 4 N–H and O–H groups in total. The number of phenols is 1. The molecule has 1 amide bonds. The first-order valence-electron chi connectivity index (χ1n) is 7.17. The van der Waals surface area contributed by atoms with Crippen LogP contribution in [0.4, 0.5) is 5.69 Å². The number of ether oxygens (including phenoxy) is 1.